The molecule has 29 heavy (non-hydrogen) atoms. The Bertz CT molecular complexity index is 1110. The van der Waals surface area contributed by atoms with Gasteiger partial charge >= 0.3 is 0 Å². The van der Waals surface area contributed by atoms with Crippen molar-refractivity contribution in [1.82, 2.24) is 4.98 Å². The van der Waals surface area contributed by atoms with E-state index in [2.05, 4.69) is 10.3 Å². The molecule has 3 aromatic rings. The number of aromatic amines is 1. The van der Waals surface area contributed by atoms with Crippen molar-refractivity contribution in [2.75, 3.05) is 19.2 Å². The quantitative estimate of drug-likeness (QED) is 0.667. The smallest absolute Gasteiger partial charge is 0.272 e. The number of aromatic nitrogens is 1. The van der Waals surface area contributed by atoms with Crippen LogP contribution in [0.4, 0.5) is 5.69 Å². The van der Waals surface area contributed by atoms with E-state index in [1.807, 2.05) is 24.3 Å². The second-order valence-electron chi connectivity index (χ2n) is 6.24. The van der Waals surface area contributed by atoms with E-state index < -0.39 is 11.3 Å². The number of carbonyl (C=O) groups excluding carboxylic acids is 1. The number of anilines is 1. The van der Waals surface area contributed by atoms with Gasteiger partial charge in [-0.25, -0.2) is 0 Å². The van der Waals surface area contributed by atoms with E-state index in [0.29, 0.717) is 22.9 Å². The Labute approximate surface area is 166 Å². The zero-order valence-electron chi connectivity index (χ0n) is 15.6. The minimum absolute atomic E-state index is 0.112. The standard InChI is InChI=1S/C21H18N2O6/c1-26-15-4-2-3-13(7-15)11-27-20-10-22-16(9-17(20)24)21(25)23-14-5-6-18-19(8-14)29-12-28-18/h2-10H,11-12H2,1H3,(H,22,24)(H,23,25). The van der Waals surface area contributed by atoms with E-state index in [9.17, 15) is 9.59 Å². The maximum Gasteiger partial charge on any atom is 0.272 e. The lowest BCUT2D eigenvalue weighted by atomic mass is 10.2. The predicted molar refractivity (Wildman–Crippen MR) is 105 cm³/mol. The number of fused-ring (bicyclic) bond motifs is 1. The third-order valence-electron chi connectivity index (χ3n) is 4.28. The largest absolute Gasteiger partial charge is 0.497 e. The molecule has 1 aromatic heterocycles. The Kier molecular flexibility index (Phi) is 5.07. The summed E-state index contributed by atoms with van der Waals surface area (Å²) in [5.74, 6) is 1.54. The van der Waals surface area contributed by atoms with Gasteiger partial charge in [-0.2, -0.15) is 0 Å². The van der Waals surface area contributed by atoms with Crippen molar-refractivity contribution in [3.05, 3.63) is 76.2 Å². The molecule has 148 valence electrons. The first-order valence-corrected chi connectivity index (χ1v) is 8.82. The number of hydrogen-bond donors (Lipinski definition) is 2. The van der Waals surface area contributed by atoms with Gasteiger partial charge in [0, 0.05) is 24.0 Å². The maximum absolute atomic E-state index is 12.4. The Morgan fingerprint density at radius 1 is 1.14 bits per heavy atom. The summed E-state index contributed by atoms with van der Waals surface area (Å²) in [5.41, 5.74) is 1.09. The fraction of sp³-hybridized carbons (Fsp3) is 0.143. The molecule has 2 N–H and O–H groups in total. The summed E-state index contributed by atoms with van der Waals surface area (Å²) in [5, 5.41) is 2.71. The Morgan fingerprint density at radius 3 is 2.83 bits per heavy atom. The van der Waals surface area contributed by atoms with E-state index in [0.717, 1.165) is 5.56 Å². The van der Waals surface area contributed by atoms with Gasteiger partial charge in [0.1, 0.15) is 18.1 Å². The number of rotatable bonds is 6. The van der Waals surface area contributed by atoms with E-state index in [1.165, 1.54) is 12.3 Å². The van der Waals surface area contributed by atoms with Crippen molar-refractivity contribution in [2.45, 2.75) is 6.61 Å². The first kappa shape index (κ1) is 18.4. The molecule has 0 radical (unpaired) electrons. The van der Waals surface area contributed by atoms with Crippen LogP contribution in [0, 0.1) is 0 Å². The Hall–Kier alpha value is -3.94. The van der Waals surface area contributed by atoms with Crippen LogP contribution >= 0.6 is 0 Å². The molecular formula is C21H18N2O6. The molecule has 0 bridgehead atoms. The summed E-state index contributed by atoms with van der Waals surface area (Å²) in [7, 11) is 1.58. The molecular weight excluding hydrogens is 376 g/mol. The van der Waals surface area contributed by atoms with Gasteiger partial charge in [-0.1, -0.05) is 12.1 Å². The van der Waals surface area contributed by atoms with Gasteiger partial charge in [-0.15, -0.1) is 0 Å². The Morgan fingerprint density at radius 2 is 2.00 bits per heavy atom. The van der Waals surface area contributed by atoms with Gasteiger partial charge in [-0.05, 0) is 29.8 Å². The molecule has 2 heterocycles. The third-order valence-corrected chi connectivity index (χ3v) is 4.28. The average Bonchev–Trinajstić information content (AvgIpc) is 3.21. The molecule has 0 atom stereocenters. The summed E-state index contributed by atoms with van der Waals surface area (Å²) < 4.78 is 21.2. The number of amides is 1. The summed E-state index contributed by atoms with van der Waals surface area (Å²) in [6.45, 7) is 0.348. The first-order chi connectivity index (χ1) is 14.1. The molecule has 1 aliphatic rings. The minimum atomic E-state index is -0.458. The van der Waals surface area contributed by atoms with E-state index in [4.69, 9.17) is 18.9 Å². The minimum Gasteiger partial charge on any atom is -0.497 e. The van der Waals surface area contributed by atoms with Crippen LogP contribution in [0.1, 0.15) is 16.1 Å². The molecule has 0 aliphatic carbocycles. The van der Waals surface area contributed by atoms with Crippen LogP contribution in [0.25, 0.3) is 0 Å². The highest BCUT2D eigenvalue weighted by Crippen LogP contribution is 2.34. The van der Waals surface area contributed by atoms with Gasteiger partial charge < -0.3 is 29.2 Å². The fourth-order valence-corrected chi connectivity index (χ4v) is 2.80. The summed E-state index contributed by atoms with van der Waals surface area (Å²) in [6, 6.07) is 13.6. The molecule has 8 heteroatoms. The van der Waals surface area contributed by atoms with Crippen molar-refractivity contribution in [1.29, 1.82) is 0 Å². The van der Waals surface area contributed by atoms with Crippen LogP contribution < -0.4 is 29.7 Å². The summed E-state index contributed by atoms with van der Waals surface area (Å²) in [6.07, 6.45) is 1.37. The van der Waals surface area contributed by atoms with Gasteiger partial charge in [0.05, 0.1) is 7.11 Å². The highest BCUT2D eigenvalue weighted by atomic mass is 16.7. The molecule has 0 saturated carbocycles. The van der Waals surface area contributed by atoms with Crippen molar-refractivity contribution < 1.29 is 23.7 Å². The van der Waals surface area contributed by atoms with E-state index >= 15 is 0 Å². The lowest BCUT2D eigenvalue weighted by Gasteiger charge is -2.09. The number of nitrogens with one attached hydrogen (secondary N) is 2. The number of carbonyl (C=O) groups is 1. The van der Waals surface area contributed by atoms with Crippen LogP contribution in [0.5, 0.6) is 23.0 Å². The zero-order valence-corrected chi connectivity index (χ0v) is 15.6. The van der Waals surface area contributed by atoms with Crippen molar-refractivity contribution in [3.63, 3.8) is 0 Å². The van der Waals surface area contributed by atoms with E-state index in [1.54, 1.807) is 25.3 Å². The molecule has 2 aromatic carbocycles. The molecule has 1 aliphatic heterocycles. The third kappa shape index (κ3) is 4.16. The number of benzene rings is 2. The van der Waals surface area contributed by atoms with Crippen molar-refractivity contribution in [3.8, 4) is 23.0 Å². The van der Waals surface area contributed by atoms with Crippen LogP contribution in [-0.2, 0) is 6.61 Å². The van der Waals surface area contributed by atoms with Crippen molar-refractivity contribution >= 4 is 11.6 Å². The molecule has 0 saturated heterocycles. The monoisotopic (exact) mass is 394 g/mol. The number of hydrogen-bond acceptors (Lipinski definition) is 6. The molecule has 8 nitrogen and oxygen atoms in total. The highest BCUT2D eigenvalue weighted by molar-refractivity contribution is 6.03. The van der Waals surface area contributed by atoms with Crippen LogP contribution in [0.15, 0.2) is 59.5 Å². The average molecular weight is 394 g/mol. The summed E-state index contributed by atoms with van der Waals surface area (Å²) in [4.78, 5) is 27.5. The number of ether oxygens (including phenoxy) is 4. The van der Waals surface area contributed by atoms with Crippen LogP contribution in [0.3, 0.4) is 0 Å². The lowest BCUT2D eigenvalue weighted by Crippen LogP contribution is -2.17. The lowest BCUT2D eigenvalue weighted by molar-refractivity contribution is 0.102. The molecule has 1 amide bonds. The van der Waals surface area contributed by atoms with E-state index in [-0.39, 0.29) is 24.8 Å². The number of pyridine rings is 1. The van der Waals surface area contributed by atoms with Gasteiger partial charge in [0.15, 0.2) is 17.2 Å². The molecule has 0 unspecified atom stereocenters. The summed E-state index contributed by atoms with van der Waals surface area (Å²) >= 11 is 0. The van der Waals surface area contributed by atoms with Crippen LogP contribution in [0.2, 0.25) is 0 Å². The molecule has 0 spiro atoms. The van der Waals surface area contributed by atoms with Gasteiger partial charge in [0.2, 0.25) is 12.2 Å². The Balaban J connectivity index is 1.42. The number of methoxy groups -OCH3 is 1. The molecule has 0 fully saturated rings. The normalized spacial score (nSPS) is 11.8. The topological polar surface area (TPSA) is 98.9 Å². The zero-order chi connectivity index (χ0) is 20.2. The highest BCUT2D eigenvalue weighted by Gasteiger charge is 2.15. The number of H-pyrrole nitrogens is 1. The molecule has 4 rings (SSSR count). The maximum atomic E-state index is 12.4. The second-order valence-corrected chi connectivity index (χ2v) is 6.24. The van der Waals surface area contributed by atoms with Crippen molar-refractivity contribution in [2.24, 2.45) is 0 Å². The van der Waals surface area contributed by atoms with Crippen LogP contribution in [-0.4, -0.2) is 24.8 Å². The SMILES string of the molecule is COc1cccc(COc2c[nH]c(C(=O)Nc3ccc4c(c3)OCO4)cc2=O)c1. The second kappa shape index (κ2) is 7.97. The fourth-order valence-electron chi connectivity index (χ4n) is 2.80. The van der Waals surface area contributed by atoms with Gasteiger partial charge in [-0.3, -0.25) is 9.59 Å². The predicted octanol–water partition coefficient (Wildman–Crippen LogP) is 2.94. The van der Waals surface area contributed by atoms with Gasteiger partial charge in [0.25, 0.3) is 5.91 Å². The first-order valence-electron chi connectivity index (χ1n) is 8.82.